The molecule has 0 spiro atoms. The molecule has 1 N–H and O–H groups in total. The van der Waals surface area contributed by atoms with Crippen LogP contribution in [0.1, 0.15) is 57.7 Å². The molecule has 0 bridgehead atoms. The summed E-state index contributed by atoms with van der Waals surface area (Å²) in [5.41, 5.74) is 2.54. The van der Waals surface area contributed by atoms with Gasteiger partial charge in [-0.3, -0.25) is 19.5 Å². The first-order valence-corrected chi connectivity index (χ1v) is 16.3. The van der Waals surface area contributed by atoms with Gasteiger partial charge in [0.2, 0.25) is 0 Å². The van der Waals surface area contributed by atoms with Gasteiger partial charge in [-0.1, -0.05) is 12.1 Å². The van der Waals surface area contributed by atoms with Gasteiger partial charge in [0, 0.05) is 64.1 Å². The number of piperidine rings is 2. The predicted molar refractivity (Wildman–Crippen MR) is 160 cm³/mol. The lowest BCUT2D eigenvalue weighted by molar-refractivity contribution is 0.0589. The Morgan fingerprint density at radius 1 is 0.953 bits per heavy atom. The lowest BCUT2D eigenvalue weighted by atomic mass is 10.0. The van der Waals surface area contributed by atoms with Crippen LogP contribution in [0.15, 0.2) is 71.8 Å². The fraction of sp³-hybridized carbons (Fsp3) is 0.375. The second-order valence-corrected chi connectivity index (χ2v) is 13.1. The fourth-order valence-corrected chi connectivity index (χ4v) is 6.03. The number of ether oxygens (including phenoxy) is 1. The average Bonchev–Trinajstić information content (AvgIpc) is 3.02. The topological polar surface area (TPSA) is 133 Å². The molecular weight excluding hydrogens is 566 g/mol. The highest BCUT2D eigenvalue weighted by Crippen LogP contribution is 2.22. The average molecular weight is 602 g/mol. The SMILES string of the molecule is CS(=O)(=O)c1ccc(OC2CCN(C(=O)c3ccc(C(=O)NC4CCN(Cc5ccc(C#N)cc5)CC4)cn3)CC2)cc1. The Kier molecular flexibility index (Phi) is 9.38. The van der Waals surface area contributed by atoms with Gasteiger partial charge >= 0.3 is 0 Å². The van der Waals surface area contributed by atoms with Crippen LogP contribution in [0.3, 0.4) is 0 Å². The minimum atomic E-state index is -3.26. The van der Waals surface area contributed by atoms with Crippen molar-refractivity contribution in [2.45, 2.75) is 49.3 Å². The lowest BCUT2D eigenvalue weighted by Gasteiger charge is -2.32. The summed E-state index contributed by atoms with van der Waals surface area (Å²) in [4.78, 5) is 34.5. The van der Waals surface area contributed by atoms with E-state index in [0.717, 1.165) is 32.5 Å². The molecule has 3 aromatic rings. The Morgan fingerprint density at radius 3 is 2.21 bits per heavy atom. The van der Waals surface area contributed by atoms with Gasteiger partial charge in [0.25, 0.3) is 11.8 Å². The minimum absolute atomic E-state index is 0.0741. The number of nitrogens with one attached hydrogen (secondary N) is 1. The monoisotopic (exact) mass is 601 g/mol. The van der Waals surface area contributed by atoms with Crippen molar-refractivity contribution in [2.24, 2.45) is 0 Å². The van der Waals surface area contributed by atoms with E-state index in [2.05, 4.69) is 21.3 Å². The molecule has 0 unspecified atom stereocenters. The first-order chi connectivity index (χ1) is 20.7. The zero-order valence-corrected chi connectivity index (χ0v) is 24.9. The molecule has 5 rings (SSSR count). The van der Waals surface area contributed by atoms with Gasteiger partial charge < -0.3 is 15.0 Å². The van der Waals surface area contributed by atoms with Crippen LogP contribution in [0.4, 0.5) is 0 Å². The van der Waals surface area contributed by atoms with Crippen molar-refractivity contribution in [3.63, 3.8) is 0 Å². The van der Waals surface area contributed by atoms with Gasteiger partial charge in [-0.2, -0.15) is 5.26 Å². The maximum Gasteiger partial charge on any atom is 0.272 e. The van der Waals surface area contributed by atoms with E-state index >= 15 is 0 Å². The molecule has 2 aliphatic rings. The second-order valence-electron chi connectivity index (χ2n) is 11.1. The summed E-state index contributed by atoms with van der Waals surface area (Å²) in [5, 5.41) is 12.1. The van der Waals surface area contributed by atoms with E-state index in [4.69, 9.17) is 10.00 Å². The summed E-state index contributed by atoms with van der Waals surface area (Å²) in [6, 6.07) is 19.5. The molecule has 2 aromatic carbocycles. The number of carbonyl (C=O) groups excluding carboxylic acids is 2. The lowest BCUT2D eigenvalue weighted by Crippen LogP contribution is -2.44. The standard InChI is InChI=1S/C32H35N5O5S/c1-43(40,41)29-9-7-27(8-10-29)42-28-14-18-37(19-15-28)32(39)30-11-6-25(21-34-30)31(38)35-26-12-16-36(17-13-26)22-24-4-2-23(20-33)3-5-24/h2-11,21,26,28H,12-19,22H2,1H3,(H,35,38). The number of nitriles is 1. The number of hydrogen-bond donors (Lipinski definition) is 1. The van der Waals surface area contributed by atoms with Crippen molar-refractivity contribution in [1.29, 1.82) is 5.26 Å². The van der Waals surface area contributed by atoms with Crippen LogP contribution < -0.4 is 10.1 Å². The van der Waals surface area contributed by atoms with Crippen LogP contribution in [0, 0.1) is 11.3 Å². The van der Waals surface area contributed by atoms with Crippen LogP contribution in [0.5, 0.6) is 5.75 Å². The van der Waals surface area contributed by atoms with Crippen molar-refractivity contribution in [2.75, 3.05) is 32.4 Å². The molecule has 0 aliphatic carbocycles. The van der Waals surface area contributed by atoms with Crippen LogP contribution >= 0.6 is 0 Å². The molecule has 0 saturated carbocycles. The minimum Gasteiger partial charge on any atom is -0.490 e. The quantitative estimate of drug-likeness (QED) is 0.415. The van der Waals surface area contributed by atoms with Gasteiger partial charge in [0.05, 0.1) is 22.1 Å². The smallest absolute Gasteiger partial charge is 0.272 e. The summed E-state index contributed by atoms with van der Waals surface area (Å²) in [6.07, 6.45) is 5.53. The third-order valence-electron chi connectivity index (χ3n) is 7.94. The van der Waals surface area contributed by atoms with Crippen LogP contribution in [0.25, 0.3) is 0 Å². The second kappa shape index (κ2) is 13.4. The van der Waals surface area contributed by atoms with E-state index in [1.807, 2.05) is 24.3 Å². The zero-order chi connectivity index (χ0) is 30.4. The van der Waals surface area contributed by atoms with E-state index < -0.39 is 9.84 Å². The first kappa shape index (κ1) is 30.2. The highest BCUT2D eigenvalue weighted by Gasteiger charge is 2.26. The molecule has 0 atom stereocenters. The van der Waals surface area contributed by atoms with E-state index in [-0.39, 0.29) is 28.9 Å². The molecule has 11 heteroatoms. The molecule has 1 aromatic heterocycles. The van der Waals surface area contributed by atoms with E-state index in [1.54, 1.807) is 29.2 Å². The van der Waals surface area contributed by atoms with E-state index in [0.29, 0.717) is 48.5 Å². The third kappa shape index (κ3) is 7.97. The van der Waals surface area contributed by atoms with E-state index in [9.17, 15) is 18.0 Å². The molecule has 2 aliphatic heterocycles. The normalized spacial score (nSPS) is 16.8. The summed E-state index contributed by atoms with van der Waals surface area (Å²) < 4.78 is 29.3. The number of pyridine rings is 1. The largest absolute Gasteiger partial charge is 0.490 e. The number of aromatic nitrogens is 1. The Balaban J connectivity index is 1.05. The maximum absolute atomic E-state index is 13.0. The van der Waals surface area contributed by atoms with Gasteiger partial charge in [-0.25, -0.2) is 8.42 Å². The van der Waals surface area contributed by atoms with Crippen molar-refractivity contribution in [1.82, 2.24) is 20.1 Å². The van der Waals surface area contributed by atoms with Crippen LogP contribution in [-0.2, 0) is 16.4 Å². The summed E-state index contributed by atoms with van der Waals surface area (Å²) in [5.74, 6) is 0.221. The van der Waals surface area contributed by atoms with Crippen molar-refractivity contribution < 1.29 is 22.7 Å². The van der Waals surface area contributed by atoms with Crippen molar-refractivity contribution >= 4 is 21.7 Å². The number of hydrogen-bond acceptors (Lipinski definition) is 8. The molecule has 2 saturated heterocycles. The Morgan fingerprint density at radius 2 is 1.63 bits per heavy atom. The fourth-order valence-electron chi connectivity index (χ4n) is 5.40. The Hall–Kier alpha value is -4.27. The number of rotatable bonds is 8. The molecule has 2 amide bonds. The molecule has 43 heavy (non-hydrogen) atoms. The predicted octanol–water partition coefficient (Wildman–Crippen LogP) is 3.43. The molecule has 224 valence electrons. The van der Waals surface area contributed by atoms with Gasteiger partial charge in [-0.15, -0.1) is 0 Å². The summed E-state index contributed by atoms with van der Waals surface area (Å²) in [6.45, 7) is 3.58. The molecule has 0 radical (unpaired) electrons. The summed E-state index contributed by atoms with van der Waals surface area (Å²) >= 11 is 0. The van der Waals surface area contributed by atoms with E-state index in [1.165, 1.54) is 30.1 Å². The van der Waals surface area contributed by atoms with Crippen LogP contribution in [0.2, 0.25) is 0 Å². The molecule has 3 heterocycles. The van der Waals surface area contributed by atoms with Gasteiger partial charge in [0.1, 0.15) is 17.5 Å². The van der Waals surface area contributed by atoms with Crippen molar-refractivity contribution in [3.05, 3.63) is 89.2 Å². The highest BCUT2D eigenvalue weighted by atomic mass is 32.2. The number of likely N-dealkylation sites (tertiary alicyclic amines) is 2. The molecule has 10 nitrogen and oxygen atoms in total. The van der Waals surface area contributed by atoms with Crippen LogP contribution in [-0.4, -0.2) is 79.6 Å². The maximum atomic E-state index is 13.0. The first-order valence-electron chi connectivity index (χ1n) is 14.4. The van der Waals surface area contributed by atoms with Gasteiger partial charge in [0.15, 0.2) is 9.84 Å². The molecular formula is C32H35N5O5S. The Bertz CT molecular complexity index is 1570. The molecule has 2 fully saturated rings. The Labute approximate surface area is 252 Å². The number of carbonyl (C=O) groups is 2. The third-order valence-corrected chi connectivity index (χ3v) is 9.07. The number of sulfone groups is 1. The highest BCUT2D eigenvalue weighted by molar-refractivity contribution is 7.90. The number of nitrogens with zero attached hydrogens (tertiary/aromatic N) is 4. The zero-order valence-electron chi connectivity index (χ0n) is 24.1. The van der Waals surface area contributed by atoms with Crippen molar-refractivity contribution in [3.8, 4) is 11.8 Å². The number of benzene rings is 2. The summed E-state index contributed by atoms with van der Waals surface area (Å²) in [7, 11) is -3.26. The van der Waals surface area contributed by atoms with Gasteiger partial charge in [-0.05, 0) is 66.9 Å². The number of amides is 2.